The van der Waals surface area contributed by atoms with E-state index in [9.17, 15) is 9.59 Å². The largest absolute Gasteiger partial charge is 0.343 e. The van der Waals surface area contributed by atoms with Gasteiger partial charge in [0, 0.05) is 37.6 Å². The number of rotatable bonds is 5. The number of urea groups is 1. The van der Waals surface area contributed by atoms with Crippen LogP contribution >= 0.6 is 12.4 Å². The van der Waals surface area contributed by atoms with Crippen LogP contribution in [0.5, 0.6) is 0 Å². The van der Waals surface area contributed by atoms with Gasteiger partial charge in [-0.1, -0.05) is 0 Å². The highest BCUT2D eigenvalue weighted by Crippen LogP contribution is 2.55. The second-order valence-corrected chi connectivity index (χ2v) is 9.27. The number of carbonyl (C=O) groups is 2. The SMILES string of the molecule is CNC1CCN(C(=O)CCNC(=O)NC23CC4CC(CC(C4)C2)C3)CC1.Cl. The molecule has 5 aliphatic rings. The Morgan fingerprint density at radius 1 is 1.00 bits per heavy atom. The van der Waals surface area contributed by atoms with E-state index in [-0.39, 0.29) is 29.9 Å². The van der Waals surface area contributed by atoms with Crippen LogP contribution in [0.25, 0.3) is 0 Å². The van der Waals surface area contributed by atoms with E-state index >= 15 is 0 Å². The number of nitrogens with zero attached hydrogens (tertiary/aromatic N) is 1. The van der Waals surface area contributed by atoms with Crippen molar-refractivity contribution in [1.82, 2.24) is 20.9 Å². The Hall–Kier alpha value is -1.01. The van der Waals surface area contributed by atoms with Crippen LogP contribution in [0, 0.1) is 17.8 Å². The number of likely N-dealkylation sites (tertiary alicyclic amines) is 1. The first-order chi connectivity index (χ1) is 12.5. The minimum atomic E-state index is -0.0753. The minimum absolute atomic E-state index is 0. The normalized spacial score (nSPS) is 34.9. The average Bonchev–Trinajstić information content (AvgIpc) is 2.60. The van der Waals surface area contributed by atoms with Gasteiger partial charge in [0.1, 0.15) is 0 Å². The van der Waals surface area contributed by atoms with E-state index in [4.69, 9.17) is 0 Å². The molecule has 4 saturated carbocycles. The van der Waals surface area contributed by atoms with Gasteiger partial charge in [-0.05, 0) is 76.2 Å². The lowest BCUT2D eigenvalue weighted by Crippen LogP contribution is -2.61. The Labute approximate surface area is 169 Å². The third kappa shape index (κ3) is 4.70. The third-order valence-electron chi connectivity index (χ3n) is 7.30. The van der Waals surface area contributed by atoms with Gasteiger partial charge in [0.05, 0.1) is 0 Å². The molecule has 0 unspecified atom stereocenters. The summed E-state index contributed by atoms with van der Waals surface area (Å²) in [6, 6.07) is 0.455. The Balaban J connectivity index is 0.00000210. The van der Waals surface area contributed by atoms with Gasteiger partial charge >= 0.3 is 6.03 Å². The summed E-state index contributed by atoms with van der Waals surface area (Å²) in [5.41, 5.74) is 0.0396. The van der Waals surface area contributed by atoms with Crippen LogP contribution in [0.15, 0.2) is 0 Å². The molecule has 3 N–H and O–H groups in total. The topological polar surface area (TPSA) is 73.5 Å². The second kappa shape index (κ2) is 8.56. The minimum Gasteiger partial charge on any atom is -0.343 e. The van der Waals surface area contributed by atoms with Crippen molar-refractivity contribution in [3.05, 3.63) is 0 Å². The molecule has 1 aliphatic heterocycles. The number of halogens is 1. The molecule has 1 heterocycles. The maximum atomic E-state index is 12.4. The average molecular weight is 399 g/mol. The molecule has 0 aromatic rings. The van der Waals surface area contributed by atoms with E-state index in [1.54, 1.807) is 0 Å². The summed E-state index contributed by atoms with van der Waals surface area (Å²) in [7, 11) is 1.98. The van der Waals surface area contributed by atoms with Crippen LogP contribution < -0.4 is 16.0 Å². The number of nitrogens with one attached hydrogen (secondary N) is 3. The van der Waals surface area contributed by atoms with E-state index in [1.165, 1.54) is 19.3 Å². The zero-order valence-electron chi connectivity index (χ0n) is 16.5. The van der Waals surface area contributed by atoms with E-state index in [0.29, 0.717) is 19.0 Å². The lowest BCUT2D eigenvalue weighted by molar-refractivity contribution is -0.132. The highest BCUT2D eigenvalue weighted by atomic mass is 35.5. The Morgan fingerprint density at radius 2 is 1.56 bits per heavy atom. The summed E-state index contributed by atoms with van der Waals surface area (Å²) in [5.74, 6) is 2.63. The maximum absolute atomic E-state index is 12.4. The van der Waals surface area contributed by atoms with Crippen LogP contribution in [-0.2, 0) is 4.79 Å². The van der Waals surface area contributed by atoms with Gasteiger partial charge in [-0.15, -0.1) is 12.4 Å². The zero-order valence-corrected chi connectivity index (χ0v) is 17.3. The molecule has 27 heavy (non-hydrogen) atoms. The quantitative estimate of drug-likeness (QED) is 0.665. The fraction of sp³-hybridized carbons (Fsp3) is 0.900. The van der Waals surface area contributed by atoms with Crippen molar-refractivity contribution < 1.29 is 9.59 Å². The van der Waals surface area contributed by atoms with Crippen LogP contribution in [0.2, 0.25) is 0 Å². The Morgan fingerprint density at radius 3 is 2.07 bits per heavy atom. The number of hydrogen-bond acceptors (Lipinski definition) is 3. The molecule has 6 nitrogen and oxygen atoms in total. The molecule has 7 heteroatoms. The van der Waals surface area contributed by atoms with E-state index in [2.05, 4.69) is 16.0 Å². The van der Waals surface area contributed by atoms with Crippen molar-refractivity contribution in [2.24, 2.45) is 17.8 Å². The molecule has 0 spiro atoms. The molecule has 0 atom stereocenters. The number of carbonyl (C=O) groups excluding carboxylic acids is 2. The van der Waals surface area contributed by atoms with Gasteiger partial charge in [0.25, 0.3) is 0 Å². The monoisotopic (exact) mass is 398 g/mol. The van der Waals surface area contributed by atoms with Gasteiger partial charge in [0.15, 0.2) is 0 Å². The zero-order chi connectivity index (χ0) is 18.1. The number of hydrogen-bond donors (Lipinski definition) is 3. The molecule has 0 radical (unpaired) electrons. The second-order valence-electron chi connectivity index (χ2n) is 9.27. The van der Waals surface area contributed by atoms with Gasteiger partial charge < -0.3 is 20.9 Å². The summed E-state index contributed by atoms with van der Waals surface area (Å²) in [6.45, 7) is 2.08. The van der Waals surface area contributed by atoms with Gasteiger partial charge in [-0.25, -0.2) is 4.79 Å². The fourth-order valence-corrected chi connectivity index (χ4v) is 6.41. The van der Waals surface area contributed by atoms with Crippen LogP contribution in [0.4, 0.5) is 4.79 Å². The molecule has 1 saturated heterocycles. The summed E-state index contributed by atoms with van der Waals surface area (Å²) in [5, 5.41) is 9.53. The molecule has 5 fully saturated rings. The molecule has 154 valence electrons. The van der Waals surface area contributed by atoms with Crippen LogP contribution in [0.3, 0.4) is 0 Å². The van der Waals surface area contributed by atoms with Crippen molar-refractivity contribution in [2.75, 3.05) is 26.7 Å². The molecule has 3 amide bonds. The first-order valence-corrected chi connectivity index (χ1v) is 10.6. The molecule has 4 aliphatic carbocycles. The molecule has 0 aromatic heterocycles. The first-order valence-electron chi connectivity index (χ1n) is 10.6. The Bertz CT molecular complexity index is 513. The van der Waals surface area contributed by atoms with Gasteiger partial charge in [-0.3, -0.25) is 4.79 Å². The summed E-state index contributed by atoms with van der Waals surface area (Å²) in [6.07, 6.45) is 10.0. The summed E-state index contributed by atoms with van der Waals surface area (Å²) >= 11 is 0. The predicted molar refractivity (Wildman–Crippen MR) is 108 cm³/mol. The third-order valence-corrected chi connectivity index (χ3v) is 7.30. The standard InChI is InChI=1S/C20H34N4O2.ClH/c1-21-17-3-6-24(7-4-17)18(25)2-5-22-19(26)23-20-11-14-8-15(12-20)10-16(9-14)13-20;/h14-17,21H,2-13H2,1H3,(H2,22,23,26);1H. The maximum Gasteiger partial charge on any atom is 0.315 e. The summed E-state index contributed by atoms with van der Waals surface area (Å²) < 4.78 is 0. The predicted octanol–water partition coefficient (Wildman–Crippen LogP) is 2.28. The van der Waals surface area contributed by atoms with Crippen molar-refractivity contribution >= 4 is 24.3 Å². The van der Waals surface area contributed by atoms with Crippen LogP contribution in [-0.4, -0.2) is 55.1 Å². The molecule has 5 rings (SSSR count). The number of amides is 3. The van der Waals surface area contributed by atoms with Crippen molar-refractivity contribution in [2.45, 2.75) is 69.4 Å². The highest BCUT2D eigenvalue weighted by molar-refractivity contribution is 5.85. The van der Waals surface area contributed by atoms with Crippen molar-refractivity contribution in [3.63, 3.8) is 0 Å². The lowest BCUT2D eigenvalue weighted by atomic mass is 9.53. The lowest BCUT2D eigenvalue weighted by Gasteiger charge is -2.56. The summed E-state index contributed by atoms with van der Waals surface area (Å²) in [4.78, 5) is 26.7. The van der Waals surface area contributed by atoms with Crippen molar-refractivity contribution in [3.8, 4) is 0 Å². The molecule has 0 aromatic carbocycles. The van der Waals surface area contributed by atoms with E-state index in [1.807, 2.05) is 11.9 Å². The molecule has 4 bridgehead atoms. The smallest absolute Gasteiger partial charge is 0.315 e. The van der Waals surface area contributed by atoms with Crippen molar-refractivity contribution in [1.29, 1.82) is 0 Å². The first kappa shape index (κ1) is 20.7. The fourth-order valence-electron chi connectivity index (χ4n) is 6.41. The van der Waals surface area contributed by atoms with E-state index in [0.717, 1.165) is 62.9 Å². The Kier molecular flexibility index (Phi) is 6.57. The molecular formula is C20H35ClN4O2. The number of piperidine rings is 1. The molecular weight excluding hydrogens is 364 g/mol. The van der Waals surface area contributed by atoms with Gasteiger partial charge in [-0.2, -0.15) is 0 Å². The van der Waals surface area contributed by atoms with Gasteiger partial charge in [0.2, 0.25) is 5.91 Å². The van der Waals surface area contributed by atoms with E-state index < -0.39 is 0 Å². The van der Waals surface area contributed by atoms with Crippen LogP contribution in [0.1, 0.15) is 57.8 Å². The highest BCUT2D eigenvalue weighted by Gasteiger charge is 2.51.